The van der Waals surface area contributed by atoms with Crippen LogP contribution in [0.5, 0.6) is 11.5 Å². The summed E-state index contributed by atoms with van der Waals surface area (Å²) in [6, 6.07) is 5.07. The fourth-order valence-corrected chi connectivity index (χ4v) is 4.04. The molecule has 8 nitrogen and oxygen atoms in total. The predicted octanol–water partition coefficient (Wildman–Crippen LogP) is 3.69. The monoisotopic (exact) mass is 472 g/mol. The molecule has 1 aliphatic heterocycles. The summed E-state index contributed by atoms with van der Waals surface area (Å²) in [5.74, 6) is 0.522. The number of ketones is 1. The first-order valence-corrected chi connectivity index (χ1v) is 11.5. The van der Waals surface area contributed by atoms with Crippen molar-refractivity contribution in [3.8, 4) is 22.8 Å². The SMILES string of the molecule is O=C(CC1CC1)c1ncc(-c2cnc3cc(OCCN4CCOCC4)ccn23)cc1OC(F)F. The Morgan fingerprint density at radius 2 is 2.00 bits per heavy atom. The van der Waals surface area contributed by atoms with Crippen molar-refractivity contribution in [3.63, 3.8) is 0 Å². The number of pyridine rings is 2. The number of carbonyl (C=O) groups is 1. The van der Waals surface area contributed by atoms with Gasteiger partial charge in [-0.3, -0.25) is 14.1 Å². The topological polar surface area (TPSA) is 78.2 Å². The van der Waals surface area contributed by atoms with Gasteiger partial charge in [0.15, 0.2) is 11.5 Å². The van der Waals surface area contributed by atoms with Crippen LogP contribution in [0.4, 0.5) is 8.78 Å². The van der Waals surface area contributed by atoms with Crippen LogP contribution < -0.4 is 9.47 Å². The first-order chi connectivity index (χ1) is 16.6. The summed E-state index contributed by atoms with van der Waals surface area (Å²) < 4.78 is 43.8. The Hall–Kier alpha value is -3.11. The highest BCUT2D eigenvalue weighted by molar-refractivity contribution is 5.97. The fraction of sp³-hybridized carbons (Fsp3) is 0.458. The van der Waals surface area contributed by atoms with E-state index in [1.165, 1.54) is 12.3 Å². The van der Waals surface area contributed by atoms with Crippen molar-refractivity contribution in [2.24, 2.45) is 5.92 Å². The number of carbonyl (C=O) groups excluding carboxylic acids is 1. The molecule has 3 aromatic rings. The zero-order chi connectivity index (χ0) is 23.5. The quantitative estimate of drug-likeness (QED) is 0.417. The Bertz CT molecular complexity index is 1160. The normalized spacial score (nSPS) is 16.8. The van der Waals surface area contributed by atoms with Gasteiger partial charge in [-0.1, -0.05) is 0 Å². The molecule has 2 aliphatic rings. The number of hydrogen-bond acceptors (Lipinski definition) is 7. The van der Waals surface area contributed by atoms with Crippen LogP contribution in [0.2, 0.25) is 0 Å². The number of ether oxygens (including phenoxy) is 3. The summed E-state index contributed by atoms with van der Waals surface area (Å²) >= 11 is 0. The number of hydrogen-bond donors (Lipinski definition) is 0. The molecule has 1 saturated carbocycles. The van der Waals surface area contributed by atoms with E-state index in [-0.39, 0.29) is 17.2 Å². The van der Waals surface area contributed by atoms with Crippen LogP contribution in [0.3, 0.4) is 0 Å². The number of morpholine rings is 1. The van der Waals surface area contributed by atoms with Crippen molar-refractivity contribution in [1.82, 2.24) is 19.3 Å². The molecule has 0 spiro atoms. The van der Waals surface area contributed by atoms with Crippen LogP contribution in [0, 0.1) is 5.92 Å². The minimum Gasteiger partial charge on any atom is -0.492 e. The second-order valence-electron chi connectivity index (χ2n) is 8.56. The highest BCUT2D eigenvalue weighted by Crippen LogP contribution is 2.35. The van der Waals surface area contributed by atoms with Crippen LogP contribution in [-0.4, -0.2) is 71.1 Å². The molecule has 1 aliphatic carbocycles. The van der Waals surface area contributed by atoms with E-state index in [0.29, 0.717) is 41.6 Å². The number of fused-ring (bicyclic) bond motifs is 1. The molecular formula is C24H26F2N4O4. The van der Waals surface area contributed by atoms with Crippen LogP contribution in [0.15, 0.2) is 36.8 Å². The lowest BCUT2D eigenvalue weighted by Crippen LogP contribution is -2.38. The van der Waals surface area contributed by atoms with E-state index in [2.05, 4.69) is 19.6 Å². The van der Waals surface area contributed by atoms with E-state index < -0.39 is 6.61 Å². The smallest absolute Gasteiger partial charge is 0.387 e. The lowest BCUT2D eigenvalue weighted by molar-refractivity contribution is -0.0503. The van der Waals surface area contributed by atoms with Gasteiger partial charge in [-0.05, 0) is 30.9 Å². The summed E-state index contributed by atoms with van der Waals surface area (Å²) in [7, 11) is 0. The number of rotatable bonds is 10. The van der Waals surface area contributed by atoms with Gasteiger partial charge in [0, 0.05) is 50.1 Å². The molecule has 4 heterocycles. The highest BCUT2D eigenvalue weighted by Gasteiger charge is 2.28. The third kappa shape index (κ3) is 5.34. The van der Waals surface area contributed by atoms with E-state index >= 15 is 0 Å². The van der Waals surface area contributed by atoms with Crippen molar-refractivity contribution < 1.29 is 27.8 Å². The Morgan fingerprint density at radius 3 is 2.76 bits per heavy atom. The van der Waals surface area contributed by atoms with Crippen LogP contribution in [0.1, 0.15) is 29.8 Å². The molecular weight excluding hydrogens is 446 g/mol. The van der Waals surface area contributed by atoms with Crippen molar-refractivity contribution in [2.75, 3.05) is 39.5 Å². The maximum absolute atomic E-state index is 13.0. The van der Waals surface area contributed by atoms with Gasteiger partial charge in [0.25, 0.3) is 0 Å². The number of halogens is 2. The second-order valence-corrected chi connectivity index (χ2v) is 8.56. The van der Waals surface area contributed by atoms with Crippen molar-refractivity contribution in [2.45, 2.75) is 25.9 Å². The molecule has 34 heavy (non-hydrogen) atoms. The Kier molecular flexibility index (Phi) is 6.68. The molecule has 0 aromatic carbocycles. The molecule has 1 saturated heterocycles. The molecule has 0 N–H and O–H groups in total. The van der Waals surface area contributed by atoms with Gasteiger partial charge in [-0.25, -0.2) is 9.97 Å². The molecule has 2 fully saturated rings. The molecule has 0 radical (unpaired) electrons. The Labute approximate surface area is 195 Å². The average molecular weight is 472 g/mol. The summed E-state index contributed by atoms with van der Waals surface area (Å²) in [4.78, 5) is 23.4. The molecule has 180 valence electrons. The third-order valence-corrected chi connectivity index (χ3v) is 6.06. The molecule has 0 amide bonds. The van der Waals surface area contributed by atoms with Gasteiger partial charge in [0.05, 0.1) is 25.1 Å². The van der Waals surface area contributed by atoms with Gasteiger partial charge in [-0.15, -0.1) is 0 Å². The van der Waals surface area contributed by atoms with Crippen LogP contribution in [0.25, 0.3) is 16.9 Å². The molecule has 5 rings (SSSR count). The van der Waals surface area contributed by atoms with Gasteiger partial charge in [-0.2, -0.15) is 8.78 Å². The van der Waals surface area contributed by atoms with Crippen LogP contribution in [-0.2, 0) is 4.74 Å². The minimum atomic E-state index is -3.05. The summed E-state index contributed by atoms with van der Waals surface area (Å²) in [5, 5.41) is 0. The van der Waals surface area contributed by atoms with Gasteiger partial charge >= 0.3 is 6.61 Å². The first kappa shape index (κ1) is 22.7. The lowest BCUT2D eigenvalue weighted by Gasteiger charge is -2.26. The summed E-state index contributed by atoms with van der Waals surface area (Å²) in [6.07, 6.45) is 7.19. The van der Waals surface area contributed by atoms with Crippen molar-refractivity contribution >= 4 is 11.4 Å². The standard InChI is InChI=1S/C24H26F2N4O4/c25-24(26)34-21-12-17(14-28-23(21)20(31)11-16-1-2-16)19-15-27-22-13-18(3-4-30(19)22)33-10-7-29-5-8-32-9-6-29/h3-4,12-16,24H,1-2,5-11H2. The third-order valence-electron chi connectivity index (χ3n) is 6.06. The highest BCUT2D eigenvalue weighted by atomic mass is 19.3. The minimum absolute atomic E-state index is 0.0549. The predicted molar refractivity (Wildman–Crippen MR) is 119 cm³/mol. The van der Waals surface area contributed by atoms with E-state index in [0.717, 1.165) is 45.7 Å². The molecule has 10 heteroatoms. The summed E-state index contributed by atoms with van der Waals surface area (Å²) in [6.45, 7) is 1.62. The van der Waals surface area contributed by atoms with E-state index in [4.69, 9.17) is 9.47 Å². The van der Waals surface area contributed by atoms with Gasteiger partial charge in [0.2, 0.25) is 0 Å². The van der Waals surface area contributed by atoms with E-state index in [1.54, 1.807) is 6.20 Å². The number of Topliss-reactive ketones (excluding diaryl/α,β-unsaturated/α-hetero) is 1. The maximum Gasteiger partial charge on any atom is 0.387 e. The Morgan fingerprint density at radius 1 is 1.18 bits per heavy atom. The number of aromatic nitrogens is 3. The van der Waals surface area contributed by atoms with Gasteiger partial charge in [0.1, 0.15) is 23.7 Å². The molecule has 3 aromatic heterocycles. The fourth-order valence-electron chi connectivity index (χ4n) is 4.04. The molecule has 0 bridgehead atoms. The molecule has 0 atom stereocenters. The number of imidazole rings is 1. The van der Waals surface area contributed by atoms with Crippen LogP contribution >= 0.6 is 0 Å². The van der Waals surface area contributed by atoms with Crippen molar-refractivity contribution in [3.05, 3.63) is 42.5 Å². The van der Waals surface area contributed by atoms with E-state index in [9.17, 15) is 13.6 Å². The van der Waals surface area contributed by atoms with E-state index in [1.807, 2.05) is 22.7 Å². The van der Waals surface area contributed by atoms with Gasteiger partial charge < -0.3 is 14.2 Å². The zero-order valence-corrected chi connectivity index (χ0v) is 18.7. The number of nitrogens with zero attached hydrogens (tertiary/aromatic N) is 4. The summed E-state index contributed by atoms with van der Waals surface area (Å²) in [5.41, 5.74) is 1.75. The zero-order valence-electron chi connectivity index (χ0n) is 18.7. The Balaban J connectivity index is 1.33. The largest absolute Gasteiger partial charge is 0.492 e. The lowest BCUT2D eigenvalue weighted by atomic mass is 10.1. The first-order valence-electron chi connectivity index (χ1n) is 11.5. The van der Waals surface area contributed by atoms with Crippen molar-refractivity contribution in [1.29, 1.82) is 0 Å². The average Bonchev–Trinajstić information content (AvgIpc) is 3.54. The maximum atomic E-state index is 13.0. The number of alkyl halides is 2. The second kappa shape index (κ2) is 10.0. The molecule has 0 unspecified atom stereocenters.